The van der Waals surface area contributed by atoms with Gasteiger partial charge in [0.1, 0.15) is 0 Å². The maximum atomic E-state index is 12.8. The molecule has 2 heterocycles. The molecular weight excluding hydrogens is 326 g/mol. The van der Waals surface area contributed by atoms with Crippen molar-refractivity contribution in [3.05, 3.63) is 65.6 Å². The van der Waals surface area contributed by atoms with Crippen LogP contribution in [0.5, 0.6) is 0 Å². The van der Waals surface area contributed by atoms with E-state index in [9.17, 15) is 4.79 Å². The van der Waals surface area contributed by atoms with Crippen molar-refractivity contribution >= 4 is 17.3 Å². The summed E-state index contributed by atoms with van der Waals surface area (Å²) in [6.45, 7) is 4.03. The first-order chi connectivity index (χ1) is 12.5. The molecule has 1 N–H and O–H groups in total. The molecular formula is C20H23N5O. The van der Waals surface area contributed by atoms with Crippen molar-refractivity contribution in [1.82, 2.24) is 14.8 Å². The Kier molecular flexibility index (Phi) is 5.02. The molecule has 0 saturated heterocycles. The molecule has 0 radical (unpaired) electrons. The summed E-state index contributed by atoms with van der Waals surface area (Å²) in [5, 5.41) is 7.33. The van der Waals surface area contributed by atoms with Crippen LogP contribution in [0.1, 0.15) is 28.5 Å². The Bertz CT molecular complexity index is 915. The van der Waals surface area contributed by atoms with Gasteiger partial charge in [0.25, 0.3) is 5.91 Å². The molecule has 0 bridgehead atoms. The molecule has 134 valence electrons. The summed E-state index contributed by atoms with van der Waals surface area (Å²) in [5.74, 6) is 0.538. The van der Waals surface area contributed by atoms with E-state index >= 15 is 0 Å². The van der Waals surface area contributed by atoms with E-state index in [1.807, 2.05) is 69.2 Å². The largest absolute Gasteiger partial charge is 0.377 e. The highest BCUT2D eigenvalue weighted by Gasteiger charge is 2.18. The number of carbonyl (C=O) groups excluding carboxylic acids is 1. The summed E-state index contributed by atoms with van der Waals surface area (Å²) < 4.78 is 1.72. The van der Waals surface area contributed by atoms with Crippen LogP contribution in [0, 0.1) is 6.92 Å². The van der Waals surface area contributed by atoms with Gasteiger partial charge in [-0.25, -0.2) is 9.67 Å². The van der Waals surface area contributed by atoms with E-state index in [0.29, 0.717) is 17.8 Å². The number of benzene rings is 1. The van der Waals surface area contributed by atoms with E-state index < -0.39 is 0 Å². The van der Waals surface area contributed by atoms with Crippen LogP contribution in [0.15, 0.2) is 48.8 Å². The lowest BCUT2D eigenvalue weighted by molar-refractivity contribution is 0.102. The number of amides is 1. The van der Waals surface area contributed by atoms with Crippen molar-refractivity contribution in [2.24, 2.45) is 0 Å². The van der Waals surface area contributed by atoms with E-state index in [1.165, 1.54) is 0 Å². The smallest absolute Gasteiger partial charge is 0.259 e. The van der Waals surface area contributed by atoms with Gasteiger partial charge in [0, 0.05) is 31.7 Å². The first kappa shape index (κ1) is 17.7. The molecule has 0 atom stereocenters. The highest BCUT2D eigenvalue weighted by Crippen LogP contribution is 2.23. The molecule has 0 aliphatic carbocycles. The quantitative estimate of drug-likeness (QED) is 0.766. The van der Waals surface area contributed by atoms with Gasteiger partial charge in [-0.15, -0.1) is 0 Å². The molecule has 1 amide bonds. The minimum atomic E-state index is -0.166. The van der Waals surface area contributed by atoms with Gasteiger partial charge in [-0.1, -0.05) is 13.0 Å². The van der Waals surface area contributed by atoms with Crippen LogP contribution in [0.3, 0.4) is 0 Å². The molecule has 6 heteroatoms. The Balaban J connectivity index is 1.87. The summed E-state index contributed by atoms with van der Waals surface area (Å²) in [7, 11) is 4.00. The zero-order valence-corrected chi connectivity index (χ0v) is 15.5. The summed E-state index contributed by atoms with van der Waals surface area (Å²) >= 11 is 0. The van der Waals surface area contributed by atoms with Crippen LogP contribution in [0.4, 0.5) is 11.4 Å². The third kappa shape index (κ3) is 3.44. The molecule has 0 aliphatic rings. The second-order valence-electron chi connectivity index (χ2n) is 6.31. The predicted molar refractivity (Wildman–Crippen MR) is 104 cm³/mol. The second kappa shape index (κ2) is 7.39. The lowest BCUT2D eigenvalue weighted by Gasteiger charge is -2.16. The van der Waals surface area contributed by atoms with Crippen molar-refractivity contribution in [3.8, 4) is 5.82 Å². The second-order valence-corrected chi connectivity index (χ2v) is 6.31. The number of nitrogens with one attached hydrogen (secondary N) is 1. The number of carbonyl (C=O) groups is 1. The van der Waals surface area contributed by atoms with Crippen LogP contribution in [0.2, 0.25) is 0 Å². The fourth-order valence-electron chi connectivity index (χ4n) is 3.01. The van der Waals surface area contributed by atoms with Crippen LogP contribution >= 0.6 is 0 Å². The Morgan fingerprint density at radius 1 is 1.23 bits per heavy atom. The molecule has 0 aliphatic heterocycles. The minimum Gasteiger partial charge on any atom is -0.377 e. The van der Waals surface area contributed by atoms with Gasteiger partial charge in [-0.05, 0) is 49.2 Å². The van der Waals surface area contributed by atoms with Gasteiger partial charge in [0.15, 0.2) is 5.82 Å². The standard InChI is InChI=1S/C20H23N5O/c1-5-17-16(13-22-25(17)19-8-6-7-11-21-19)20(26)23-15-9-10-18(24(3)4)14(2)12-15/h6-13H,5H2,1-4H3,(H,23,26). The predicted octanol–water partition coefficient (Wildman–Crippen LogP) is 3.46. The van der Waals surface area contributed by atoms with Gasteiger partial charge in [-0.3, -0.25) is 4.79 Å². The van der Waals surface area contributed by atoms with E-state index in [-0.39, 0.29) is 5.91 Å². The Labute approximate surface area is 153 Å². The number of hydrogen-bond donors (Lipinski definition) is 1. The van der Waals surface area contributed by atoms with Gasteiger partial charge in [0.05, 0.1) is 17.5 Å². The third-order valence-corrected chi connectivity index (χ3v) is 4.25. The normalized spacial score (nSPS) is 10.6. The Morgan fingerprint density at radius 3 is 2.65 bits per heavy atom. The molecule has 0 saturated carbocycles. The minimum absolute atomic E-state index is 0.166. The lowest BCUT2D eigenvalue weighted by atomic mass is 10.1. The number of rotatable bonds is 5. The Hall–Kier alpha value is -3.15. The lowest BCUT2D eigenvalue weighted by Crippen LogP contribution is -2.15. The monoisotopic (exact) mass is 349 g/mol. The van der Waals surface area contributed by atoms with Gasteiger partial charge >= 0.3 is 0 Å². The molecule has 0 spiro atoms. The molecule has 3 aromatic rings. The Morgan fingerprint density at radius 2 is 2.04 bits per heavy atom. The fraction of sp³-hybridized carbons (Fsp3) is 0.250. The van der Waals surface area contributed by atoms with Gasteiger partial charge in [0.2, 0.25) is 0 Å². The SMILES string of the molecule is CCc1c(C(=O)Nc2ccc(N(C)C)c(C)c2)cnn1-c1ccccn1. The van der Waals surface area contributed by atoms with E-state index in [2.05, 4.69) is 15.4 Å². The number of aryl methyl sites for hydroxylation is 1. The maximum absolute atomic E-state index is 12.8. The van der Waals surface area contributed by atoms with E-state index in [4.69, 9.17) is 0 Å². The average Bonchev–Trinajstić information content (AvgIpc) is 3.06. The molecule has 3 rings (SSSR count). The first-order valence-corrected chi connectivity index (χ1v) is 8.59. The van der Waals surface area contributed by atoms with Gasteiger partial charge < -0.3 is 10.2 Å². The highest BCUT2D eigenvalue weighted by atomic mass is 16.1. The summed E-state index contributed by atoms with van der Waals surface area (Å²) in [6.07, 6.45) is 3.99. The molecule has 0 fully saturated rings. The van der Waals surface area contributed by atoms with E-state index in [1.54, 1.807) is 17.1 Å². The number of aromatic nitrogens is 3. The molecule has 2 aromatic heterocycles. The summed E-state index contributed by atoms with van der Waals surface area (Å²) in [5.41, 5.74) is 4.40. The highest BCUT2D eigenvalue weighted by molar-refractivity contribution is 6.05. The molecule has 26 heavy (non-hydrogen) atoms. The van der Waals surface area contributed by atoms with E-state index in [0.717, 1.165) is 22.6 Å². The number of nitrogens with zero attached hydrogens (tertiary/aromatic N) is 4. The van der Waals surface area contributed by atoms with Crippen molar-refractivity contribution in [2.75, 3.05) is 24.3 Å². The van der Waals surface area contributed by atoms with Crippen molar-refractivity contribution in [3.63, 3.8) is 0 Å². The maximum Gasteiger partial charge on any atom is 0.259 e. The zero-order valence-electron chi connectivity index (χ0n) is 15.5. The third-order valence-electron chi connectivity index (χ3n) is 4.25. The van der Waals surface area contributed by atoms with Crippen molar-refractivity contribution in [2.45, 2.75) is 20.3 Å². The van der Waals surface area contributed by atoms with Crippen molar-refractivity contribution in [1.29, 1.82) is 0 Å². The molecule has 1 aromatic carbocycles. The summed E-state index contributed by atoms with van der Waals surface area (Å²) in [4.78, 5) is 19.1. The van der Waals surface area contributed by atoms with Crippen LogP contribution in [-0.4, -0.2) is 34.8 Å². The fourth-order valence-corrected chi connectivity index (χ4v) is 3.01. The zero-order chi connectivity index (χ0) is 18.7. The first-order valence-electron chi connectivity index (χ1n) is 8.59. The topological polar surface area (TPSA) is 63.1 Å². The molecule has 0 unspecified atom stereocenters. The average molecular weight is 349 g/mol. The number of anilines is 2. The number of hydrogen-bond acceptors (Lipinski definition) is 4. The van der Waals surface area contributed by atoms with Crippen LogP contribution in [0.25, 0.3) is 5.82 Å². The van der Waals surface area contributed by atoms with Crippen LogP contribution in [-0.2, 0) is 6.42 Å². The summed E-state index contributed by atoms with van der Waals surface area (Å²) in [6, 6.07) is 11.5. The van der Waals surface area contributed by atoms with Crippen molar-refractivity contribution < 1.29 is 4.79 Å². The number of pyridine rings is 1. The van der Waals surface area contributed by atoms with Crippen LogP contribution < -0.4 is 10.2 Å². The molecule has 6 nitrogen and oxygen atoms in total. The van der Waals surface area contributed by atoms with Gasteiger partial charge in [-0.2, -0.15) is 5.10 Å².